The van der Waals surface area contributed by atoms with Crippen molar-refractivity contribution >= 4 is 17.6 Å². The number of aryl methyl sites for hydroxylation is 1. The van der Waals surface area contributed by atoms with Crippen LogP contribution in [0.3, 0.4) is 0 Å². The van der Waals surface area contributed by atoms with Gasteiger partial charge in [0.25, 0.3) is 0 Å². The Balaban J connectivity index is 2.76. The van der Waals surface area contributed by atoms with Gasteiger partial charge in [0.1, 0.15) is 12.3 Å². The van der Waals surface area contributed by atoms with E-state index in [0.717, 1.165) is 32.1 Å². The molecule has 6 heteroatoms. The summed E-state index contributed by atoms with van der Waals surface area (Å²) < 4.78 is 4.94. The molecule has 0 bridgehead atoms. The Morgan fingerprint density at radius 3 is 2.50 bits per heavy atom. The fourth-order valence-electron chi connectivity index (χ4n) is 2.62. The smallest absolute Gasteiger partial charge is 0.245 e. The average molecular weight is 337 g/mol. The van der Waals surface area contributed by atoms with Crippen molar-refractivity contribution in [2.24, 2.45) is 5.92 Å². The lowest BCUT2D eigenvalue weighted by molar-refractivity contribution is -0.141. The van der Waals surface area contributed by atoms with Gasteiger partial charge in [0, 0.05) is 18.0 Å². The van der Waals surface area contributed by atoms with Crippen LogP contribution >= 0.6 is 0 Å². The molecule has 1 heterocycles. The van der Waals surface area contributed by atoms with Crippen LogP contribution in [0.15, 0.2) is 10.6 Å². The van der Waals surface area contributed by atoms with Gasteiger partial charge in [-0.1, -0.05) is 38.8 Å². The predicted molar refractivity (Wildman–Crippen MR) is 94.6 cm³/mol. The van der Waals surface area contributed by atoms with E-state index in [1.54, 1.807) is 17.9 Å². The Morgan fingerprint density at radius 1 is 1.29 bits per heavy atom. The molecule has 0 fully saturated rings. The number of hydrogen-bond acceptors (Lipinski definition) is 4. The highest BCUT2D eigenvalue weighted by molar-refractivity contribution is 5.94. The molecule has 0 saturated carbocycles. The molecule has 0 aliphatic heterocycles. The maximum absolute atomic E-state index is 12.9. The van der Waals surface area contributed by atoms with E-state index in [2.05, 4.69) is 17.4 Å². The molecule has 24 heavy (non-hydrogen) atoms. The van der Waals surface area contributed by atoms with E-state index in [-0.39, 0.29) is 30.3 Å². The highest BCUT2D eigenvalue weighted by atomic mass is 16.5. The van der Waals surface area contributed by atoms with E-state index < -0.39 is 0 Å². The minimum Gasteiger partial charge on any atom is -0.360 e. The molecule has 136 valence electrons. The highest BCUT2D eigenvalue weighted by Crippen LogP contribution is 2.19. The summed E-state index contributed by atoms with van der Waals surface area (Å²) in [5.41, 5.74) is 0. The summed E-state index contributed by atoms with van der Waals surface area (Å²) in [4.78, 5) is 26.9. The Kier molecular flexibility index (Phi) is 8.50. The summed E-state index contributed by atoms with van der Waals surface area (Å²) in [5, 5.41) is 6.44. The molecular weight excluding hydrogens is 306 g/mol. The van der Waals surface area contributed by atoms with Gasteiger partial charge in [-0.25, -0.2) is 0 Å². The molecule has 0 spiro atoms. The van der Waals surface area contributed by atoms with Crippen LogP contribution in [0.4, 0.5) is 5.82 Å². The van der Waals surface area contributed by atoms with Gasteiger partial charge in [-0.2, -0.15) is 0 Å². The normalized spacial score (nSPS) is 13.4. The maximum atomic E-state index is 12.9. The van der Waals surface area contributed by atoms with Gasteiger partial charge in [-0.15, -0.1) is 0 Å². The summed E-state index contributed by atoms with van der Waals surface area (Å²) in [6, 6.07) is 1.68. The number of nitrogens with zero attached hydrogens (tertiary/aromatic N) is 2. The molecule has 0 radical (unpaired) electrons. The number of carbonyl (C=O) groups excluding carboxylic acids is 2. The number of rotatable bonds is 10. The highest BCUT2D eigenvalue weighted by Gasteiger charge is 2.27. The van der Waals surface area contributed by atoms with E-state index in [1.165, 1.54) is 0 Å². The van der Waals surface area contributed by atoms with Crippen molar-refractivity contribution in [3.05, 3.63) is 11.8 Å². The fraction of sp³-hybridized carbons (Fsp3) is 0.722. The minimum absolute atomic E-state index is 0.0129. The molecule has 6 nitrogen and oxygen atoms in total. The van der Waals surface area contributed by atoms with Crippen LogP contribution in [0.25, 0.3) is 0 Å². The number of aromatic nitrogens is 1. The summed E-state index contributed by atoms with van der Waals surface area (Å²) >= 11 is 0. The van der Waals surface area contributed by atoms with Crippen molar-refractivity contribution < 1.29 is 14.1 Å². The lowest BCUT2D eigenvalue weighted by atomic mass is 9.96. The van der Waals surface area contributed by atoms with E-state index in [1.807, 2.05) is 20.8 Å². The molecule has 1 N–H and O–H groups in total. The summed E-state index contributed by atoms with van der Waals surface area (Å²) in [7, 11) is 0. The van der Waals surface area contributed by atoms with Crippen LogP contribution in [0, 0.1) is 12.8 Å². The molecule has 1 aromatic rings. The topological polar surface area (TPSA) is 75.4 Å². The number of amides is 2. The first-order valence-corrected chi connectivity index (χ1v) is 8.96. The van der Waals surface area contributed by atoms with Gasteiger partial charge in [0.15, 0.2) is 5.82 Å². The molecule has 1 rings (SSSR count). The van der Waals surface area contributed by atoms with Crippen molar-refractivity contribution in [2.45, 2.75) is 72.8 Å². The van der Waals surface area contributed by atoms with Gasteiger partial charge in [0.2, 0.25) is 11.8 Å². The molecule has 2 atom stereocenters. The van der Waals surface area contributed by atoms with Crippen molar-refractivity contribution in [3.63, 3.8) is 0 Å². The van der Waals surface area contributed by atoms with E-state index in [4.69, 9.17) is 4.52 Å². The number of carbonyl (C=O) groups is 2. The van der Waals surface area contributed by atoms with Crippen LogP contribution in [0.1, 0.15) is 65.6 Å². The second-order valence-electron chi connectivity index (χ2n) is 6.34. The third-order valence-electron chi connectivity index (χ3n) is 4.36. The zero-order chi connectivity index (χ0) is 18.1. The van der Waals surface area contributed by atoms with E-state index in [0.29, 0.717) is 11.6 Å². The zero-order valence-corrected chi connectivity index (χ0v) is 15.6. The number of anilines is 1. The van der Waals surface area contributed by atoms with Crippen LogP contribution in [-0.4, -0.2) is 34.5 Å². The first kappa shape index (κ1) is 20.2. The predicted octanol–water partition coefficient (Wildman–Crippen LogP) is 3.77. The van der Waals surface area contributed by atoms with Gasteiger partial charge in [-0.3, -0.25) is 9.59 Å². The third-order valence-corrected chi connectivity index (χ3v) is 4.36. The molecule has 0 saturated heterocycles. The lowest BCUT2D eigenvalue weighted by Gasteiger charge is -2.31. The van der Waals surface area contributed by atoms with Crippen molar-refractivity contribution in [1.29, 1.82) is 0 Å². The van der Waals surface area contributed by atoms with Crippen molar-refractivity contribution in [1.82, 2.24) is 10.1 Å². The molecule has 1 aromatic heterocycles. The third kappa shape index (κ3) is 5.98. The zero-order valence-electron chi connectivity index (χ0n) is 15.6. The summed E-state index contributed by atoms with van der Waals surface area (Å²) in [5.74, 6) is 0.827. The van der Waals surface area contributed by atoms with E-state index >= 15 is 0 Å². The van der Waals surface area contributed by atoms with Crippen LogP contribution < -0.4 is 5.32 Å². The fourth-order valence-corrected chi connectivity index (χ4v) is 2.62. The molecule has 0 aromatic carbocycles. The molecular formula is C18H31N3O3. The Labute approximate surface area is 145 Å². The standard InChI is InChI=1S/C18H31N3O3/c1-6-9-10-15(8-3)18(23)21(13(4)7-2)12-17(22)19-16-11-14(5)24-20-16/h11,13,15H,6-10,12H2,1-5H3,(H,19,20,22). The maximum Gasteiger partial charge on any atom is 0.245 e. The Morgan fingerprint density at radius 2 is 2.00 bits per heavy atom. The second-order valence-corrected chi connectivity index (χ2v) is 6.34. The van der Waals surface area contributed by atoms with Gasteiger partial charge >= 0.3 is 0 Å². The Hall–Kier alpha value is -1.85. The molecule has 0 aliphatic rings. The quantitative estimate of drug-likeness (QED) is 0.705. The lowest BCUT2D eigenvalue weighted by Crippen LogP contribution is -2.46. The number of unbranched alkanes of at least 4 members (excludes halogenated alkanes) is 1. The SMILES string of the molecule is CCCCC(CC)C(=O)N(CC(=O)Nc1cc(C)on1)C(C)CC. The number of hydrogen-bond donors (Lipinski definition) is 1. The largest absolute Gasteiger partial charge is 0.360 e. The van der Waals surface area contributed by atoms with Gasteiger partial charge in [0.05, 0.1) is 0 Å². The molecule has 0 aliphatic carbocycles. The molecule has 2 unspecified atom stereocenters. The number of nitrogens with one attached hydrogen (secondary N) is 1. The summed E-state index contributed by atoms with van der Waals surface area (Å²) in [6.07, 6.45) is 4.59. The van der Waals surface area contributed by atoms with E-state index in [9.17, 15) is 9.59 Å². The monoisotopic (exact) mass is 337 g/mol. The summed E-state index contributed by atoms with van der Waals surface area (Å²) in [6.45, 7) is 9.97. The van der Waals surface area contributed by atoms with Crippen LogP contribution in [0.5, 0.6) is 0 Å². The Bertz CT molecular complexity index is 527. The first-order chi connectivity index (χ1) is 11.4. The van der Waals surface area contributed by atoms with Crippen molar-refractivity contribution in [3.8, 4) is 0 Å². The average Bonchev–Trinajstić information content (AvgIpc) is 2.97. The van der Waals surface area contributed by atoms with Gasteiger partial charge < -0.3 is 14.7 Å². The van der Waals surface area contributed by atoms with Gasteiger partial charge in [-0.05, 0) is 33.1 Å². The second kappa shape index (κ2) is 10.1. The van der Waals surface area contributed by atoms with Crippen LogP contribution in [0.2, 0.25) is 0 Å². The molecule has 2 amide bonds. The van der Waals surface area contributed by atoms with Crippen molar-refractivity contribution in [2.75, 3.05) is 11.9 Å². The first-order valence-electron chi connectivity index (χ1n) is 8.96. The minimum atomic E-state index is -0.248. The van der Waals surface area contributed by atoms with Crippen LogP contribution in [-0.2, 0) is 9.59 Å².